The molecule has 5 atom stereocenters. The van der Waals surface area contributed by atoms with Gasteiger partial charge >= 0.3 is 0 Å². The number of nitrogens with one attached hydrogen (secondary N) is 2. The van der Waals surface area contributed by atoms with E-state index in [0.29, 0.717) is 58.2 Å². The Morgan fingerprint density at radius 3 is 1.89 bits per heavy atom. The van der Waals surface area contributed by atoms with Crippen molar-refractivity contribution in [1.82, 2.24) is 4.90 Å². The summed E-state index contributed by atoms with van der Waals surface area (Å²) in [6, 6.07) is 42.1. The van der Waals surface area contributed by atoms with Crippen molar-refractivity contribution in [2.45, 2.75) is 69.2 Å². The maximum atomic E-state index is 15.9. The Morgan fingerprint density at radius 2 is 1.30 bits per heavy atom. The van der Waals surface area contributed by atoms with Gasteiger partial charge in [-0.3, -0.25) is 19.2 Å². The second-order valence-corrected chi connectivity index (χ2v) is 23.6. The predicted molar refractivity (Wildman–Crippen MR) is 272 cm³/mol. The zero-order valence-electron chi connectivity index (χ0n) is 40.2. The fourth-order valence-electron chi connectivity index (χ4n) is 10.9. The third-order valence-corrected chi connectivity index (χ3v) is 18.9. The number of hydrogen-bond donors (Lipinski definition) is 3. The molecule has 1 fully saturated rings. The van der Waals surface area contributed by atoms with Crippen molar-refractivity contribution in [2.75, 3.05) is 43.5 Å². The topological polar surface area (TPSA) is 156 Å². The molecule has 3 heterocycles. The Labute approximate surface area is 409 Å². The van der Waals surface area contributed by atoms with E-state index in [1.54, 1.807) is 91.8 Å². The number of aliphatic hydroxyl groups excluding tert-OH is 1. The number of methoxy groups -OCH3 is 3. The van der Waals surface area contributed by atoms with Crippen molar-refractivity contribution in [1.29, 1.82) is 0 Å². The lowest BCUT2D eigenvalue weighted by atomic mass is 9.82. The van der Waals surface area contributed by atoms with Crippen molar-refractivity contribution in [3.05, 3.63) is 173 Å². The van der Waals surface area contributed by atoms with Crippen LogP contribution in [0.1, 0.15) is 56.3 Å². The molecule has 3 N–H and O–H groups in total. The Morgan fingerprint density at radius 1 is 0.729 bits per heavy atom. The largest absolute Gasteiger partial charge is 0.497 e. The van der Waals surface area contributed by atoms with E-state index in [2.05, 4.69) is 42.8 Å². The second-order valence-electron chi connectivity index (χ2n) is 18.9. The number of rotatable bonds is 14. The van der Waals surface area contributed by atoms with Gasteiger partial charge in [0.25, 0.3) is 17.7 Å². The molecule has 360 valence electrons. The summed E-state index contributed by atoms with van der Waals surface area (Å²) in [6.07, 6.45) is -0.208. The number of aliphatic hydroxyl groups is 1. The second kappa shape index (κ2) is 19.6. The molecule has 6 aromatic rings. The third-order valence-electron chi connectivity index (χ3n) is 14.6. The van der Waals surface area contributed by atoms with Crippen molar-refractivity contribution in [3.63, 3.8) is 0 Å². The molecular weight excluding hydrogens is 901 g/mol. The maximum Gasteiger partial charge on any atom is 0.264 e. The van der Waals surface area contributed by atoms with Gasteiger partial charge in [-0.1, -0.05) is 73.7 Å². The first-order chi connectivity index (χ1) is 33.8. The van der Waals surface area contributed by atoms with Gasteiger partial charge in [0.2, 0.25) is 5.91 Å². The van der Waals surface area contributed by atoms with Crippen LogP contribution in [0.2, 0.25) is 18.6 Å². The number of anilines is 3. The fraction of sp³-hybridized carbons (Fsp3) is 0.286. The molecule has 1 saturated heterocycles. The molecule has 0 saturated carbocycles. The van der Waals surface area contributed by atoms with Gasteiger partial charge in [-0.15, -0.1) is 0 Å². The Balaban J connectivity index is 1.11. The number of carbonyl (C=O) groups is 4. The van der Waals surface area contributed by atoms with Gasteiger partial charge in [0, 0.05) is 40.5 Å². The minimum absolute atomic E-state index is 0.0194. The van der Waals surface area contributed by atoms with Gasteiger partial charge in [-0.05, 0) is 120 Å². The van der Waals surface area contributed by atoms with Crippen molar-refractivity contribution >= 4 is 54.0 Å². The van der Waals surface area contributed by atoms with Crippen LogP contribution in [0.15, 0.2) is 140 Å². The van der Waals surface area contributed by atoms with Gasteiger partial charge in [-0.2, -0.15) is 0 Å². The van der Waals surface area contributed by atoms with E-state index in [0.717, 1.165) is 27.6 Å². The summed E-state index contributed by atoms with van der Waals surface area (Å²) < 4.78 is 23.5. The molecule has 0 radical (unpaired) electrons. The average molecular weight is 959 g/mol. The lowest BCUT2D eigenvalue weighted by molar-refractivity contribution is -0.151. The zero-order chi connectivity index (χ0) is 49.3. The number of hydrogen-bond acceptors (Lipinski definition) is 9. The Kier molecular flexibility index (Phi) is 13.4. The minimum atomic E-state index is -2.70. The predicted octanol–water partition coefficient (Wildman–Crippen LogP) is 8.32. The van der Waals surface area contributed by atoms with Gasteiger partial charge in [0.05, 0.1) is 66.8 Å². The van der Waals surface area contributed by atoms with E-state index in [4.69, 9.17) is 18.9 Å². The summed E-state index contributed by atoms with van der Waals surface area (Å²) in [5, 5.41) is 17.8. The number of carbonyl (C=O) groups excluding carboxylic acids is 4. The van der Waals surface area contributed by atoms with Crippen LogP contribution >= 0.6 is 0 Å². The zero-order valence-corrected chi connectivity index (χ0v) is 41.2. The Bertz CT molecular complexity index is 2930. The van der Waals surface area contributed by atoms with Crippen LogP contribution in [0.25, 0.3) is 0 Å². The van der Waals surface area contributed by atoms with Crippen LogP contribution in [-0.2, 0) is 39.4 Å². The van der Waals surface area contributed by atoms with Crippen LogP contribution < -0.4 is 34.9 Å². The summed E-state index contributed by atoms with van der Waals surface area (Å²) in [5.41, 5.74) is 4.13. The van der Waals surface area contributed by atoms with Gasteiger partial charge in [-0.25, -0.2) is 0 Å². The highest BCUT2D eigenvalue weighted by Crippen LogP contribution is 2.60. The SMILES string of the molecule is COc1ccc(C(=O)Nc2cccc(CN3C(=O)[C@@]4(O[C@@H](CC(=O)N5Cc6ccccc6C[C@H]5CO)[C@H]([Si](C)(C)c5ccc(OC)cc5)[C@H]4C)c4cc(NC(=O)c5ccc(OC)cc5)ccc43)c2)cc1. The molecule has 0 bridgehead atoms. The number of fused-ring (bicyclic) bond motifs is 3. The molecule has 70 heavy (non-hydrogen) atoms. The van der Waals surface area contributed by atoms with Crippen molar-refractivity contribution in [2.24, 2.45) is 5.92 Å². The lowest BCUT2D eigenvalue weighted by Gasteiger charge is -2.39. The van der Waals surface area contributed by atoms with Crippen LogP contribution in [0.4, 0.5) is 17.1 Å². The summed E-state index contributed by atoms with van der Waals surface area (Å²) in [4.78, 5) is 61.4. The van der Waals surface area contributed by atoms with E-state index in [1.807, 2.05) is 66.7 Å². The molecule has 1 spiro atoms. The molecule has 9 rings (SSSR count). The number of benzene rings is 6. The lowest BCUT2D eigenvalue weighted by Crippen LogP contribution is -2.52. The first-order valence-corrected chi connectivity index (χ1v) is 26.6. The maximum absolute atomic E-state index is 15.9. The molecule has 14 heteroatoms. The van der Waals surface area contributed by atoms with E-state index in [9.17, 15) is 19.5 Å². The molecule has 3 aliphatic rings. The van der Waals surface area contributed by atoms with Crippen LogP contribution in [0.5, 0.6) is 17.2 Å². The van der Waals surface area contributed by atoms with E-state index in [1.165, 1.54) is 0 Å². The highest BCUT2D eigenvalue weighted by molar-refractivity contribution is 6.91. The standard InChI is InChI=1S/C56H58N4O9Si/c1-35-52(70(5,6)47-25-23-46(68-4)24-26-47)50(31-51(62)59-33-40-12-8-7-11-39(40)29-43(59)34-61)69-56(35)48-30-42(58-54(64)38-16-21-45(67-3)22-17-38)18-27-49(48)60(55(56)65)32-36-10-9-13-41(28-36)57-53(63)37-14-19-44(66-2)20-15-37/h7-28,30,35,43,50,52,61H,29,31-34H2,1-6H3,(H,57,63)(H,58,64)/t35-,43+,50+,52-,56+/m1/s1. The third kappa shape index (κ3) is 8.94. The highest BCUT2D eigenvalue weighted by Gasteiger charge is 2.66. The van der Waals surface area contributed by atoms with Gasteiger partial charge < -0.3 is 44.5 Å². The van der Waals surface area contributed by atoms with Crippen molar-refractivity contribution < 1.29 is 43.2 Å². The number of amides is 4. The normalized spacial score (nSPS) is 20.4. The highest BCUT2D eigenvalue weighted by atomic mass is 28.3. The Hall–Kier alpha value is -7.26. The molecular formula is C56H58N4O9Si. The molecule has 0 aliphatic carbocycles. The smallest absolute Gasteiger partial charge is 0.264 e. The number of nitrogens with zero attached hydrogens (tertiary/aromatic N) is 2. The van der Waals surface area contributed by atoms with Gasteiger partial charge in [0.15, 0.2) is 5.60 Å². The van der Waals surface area contributed by atoms with Crippen LogP contribution in [-0.4, -0.2) is 81.8 Å². The molecule has 0 aromatic heterocycles. The van der Waals surface area contributed by atoms with E-state index < -0.39 is 31.7 Å². The van der Waals surface area contributed by atoms with Crippen molar-refractivity contribution in [3.8, 4) is 17.2 Å². The molecule has 6 aromatic carbocycles. The van der Waals surface area contributed by atoms with Gasteiger partial charge in [0.1, 0.15) is 17.2 Å². The van der Waals surface area contributed by atoms with E-state index >= 15 is 4.79 Å². The molecule has 0 unspecified atom stereocenters. The quantitative estimate of drug-likeness (QED) is 0.0915. The molecule has 13 nitrogen and oxygen atoms in total. The van der Waals surface area contributed by atoms with E-state index in [-0.39, 0.29) is 48.7 Å². The average Bonchev–Trinajstić information content (AvgIpc) is 3.80. The molecule has 4 amide bonds. The summed E-state index contributed by atoms with van der Waals surface area (Å²) >= 11 is 0. The number of ether oxygens (including phenoxy) is 4. The first kappa shape index (κ1) is 47.8. The van der Waals surface area contributed by atoms with Crippen LogP contribution in [0, 0.1) is 5.92 Å². The van der Waals surface area contributed by atoms with Crippen LogP contribution in [0.3, 0.4) is 0 Å². The monoisotopic (exact) mass is 958 g/mol. The molecule has 3 aliphatic heterocycles. The first-order valence-electron chi connectivity index (χ1n) is 23.5. The summed E-state index contributed by atoms with van der Waals surface area (Å²) in [5.74, 6) is 0.410. The summed E-state index contributed by atoms with van der Waals surface area (Å²) in [7, 11) is 2.07. The fourth-order valence-corrected chi connectivity index (χ4v) is 14.9. The summed E-state index contributed by atoms with van der Waals surface area (Å²) in [6.45, 7) is 6.87. The minimum Gasteiger partial charge on any atom is -0.497 e.